The first-order valence-corrected chi connectivity index (χ1v) is 6.96. The minimum Gasteiger partial charge on any atom is -0.343 e. The zero-order chi connectivity index (χ0) is 13.3. The number of carbonyl (C=O) groups is 2. The Bertz CT molecular complexity index is 446. The Balaban J connectivity index is 2.31. The molecule has 5 nitrogen and oxygen atoms in total. The number of piperazine rings is 1. The van der Waals surface area contributed by atoms with Crippen molar-refractivity contribution in [3.05, 3.63) is 16.6 Å². The molecule has 2 amide bonds. The van der Waals surface area contributed by atoms with Gasteiger partial charge >= 0.3 is 0 Å². The molecule has 1 aliphatic heterocycles. The molecule has 0 spiro atoms. The first kappa shape index (κ1) is 13.0. The molecule has 1 saturated heterocycles. The van der Waals surface area contributed by atoms with E-state index in [-0.39, 0.29) is 17.9 Å². The van der Waals surface area contributed by atoms with Gasteiger partial charge in [0.05, 0.1) is 6.04 Å². The second-order valence-electron chi connectivity index (χ2n) is 4.45. The summed E-state index contributed by atoms with van der Waals surface area (Å²) in [5.41, 5.74) is 0. The lowest BCUT2D eigenvalue weighted by Crippen LogP contribution is -2.62. The van der Waals surface area contributed by atoms with E-state index in [0.717, 1.165) is 5.01 Å². The molecule has 2 rings (SSSR count). The maximum atomic E-state index is 12.3. The second-order valence-corrected chi connectivity index (χ2v) is 5.37. The second kappa shape index (κ2) is 5.06. The van der Waals surface area contributed by atoms with Gasteiger partial charge in [0.25, 0.3) is 0 Å². The van der Waals surface area contributed by atoms with Crippen molar-refractivity contribution >= 4 is 23.2 Å². The van der Waals surface area contributed by atoms with Gasteiger partial charge in [0.2, 0.25) is 11.8 Å². The average Bonchev–Trinajstić information content (AvgIpc) is 2.86. The third kappa shape index (κ3) is 2.12. The molecule has 1 aromatic heterocycles. The van der Waals surface area contributed by atoms with E-state index in [0.29, 0.717) is 6.42 Å². The summed E-state index contributed by atoms with van der Waals surface area (Å²) < 4.78 is 0. The Morgan fingerprint density at radius 2 is 2.28 bits per heavy atom. The summed E-state index contributed by atoms with van der Waals surface area (Å²) in [6.45, 7) is 5.55. The predicted molar refractivity (Wildman–Crippen MR) is 69.1 cm³/mol. The molecule has 18 heavy (non-hydrogen) atoms. The molecule has 1 aromatic rings. The van der Waals surface area contributed by atoms with Crippen LogP contribution >= 0.6 is 11.3 Å². The largest absolute Gasteiger partial charge is 0.343 e. The van der Waals surface area contributed by atoms with E-state index in [4.69, 9.17) is 0 Å². The zero-order valence-corrected chi connectivity index (χ0v) is 11.5. The van der Waals surface area contributed by atoms with E-state index in [9.17, 15) is 9.59 Å². The number of thiazole rings is 1. The molecular weight excluding hydrogens is 250 g/mol. The van der Waals surface area contributed by atoms with Crippen molar-refractivity contribution in [3.63, 3.8) is 0 Å². The molecule has 6 heteroatoms. The number of nitrogens with zero attached hydrogens (tertiary/aromatic N) is 2. The van der Waals surface area contributed by atoms with Crippen LogP contribution in [0, 0.1) is 0 Å². The monoisotopic (exact) mass is 267 g/mol. The minimum absolute atomic E-state index is 0.0378. The fourth-order valence-corrected chi connectivity index (χ4v) is 2.97. The average molecular weight is 267 g/mol. The molecule has 2 heterocycles. The molecule has 98 valence electrons. The van der Waals surface area contributed by atoms with Gasteiger partial charge in [-0.1, -0.05) is 6.92 Å². The fraction of sp³-hybridized carbons (Fsp3) is 0.583. The molecule has 1 aliphatic rings. The summed E-state index contributed by atoms with van der Waals surface area (Å²) in [6.07, 6.45) is 2.33. The molecule has 0 aromatic carbocycles. The van der Waals surface area contributed by atoms with Crippen LogP contribution in [0.25, 0.3) is 0 Å². The Morgan fingerprint density at radius 3 is 2.83 bits per heavy atom. The molecule has 3 unspecified atom stereocenters. The topological polar surface area (TPSA) is 62.3 Å². The fourth-order valence-electron chi connectivity index (χ4n) is 2.28. The van der Waals surface area contributed by atoms with Crippen LogP contribution in [0.2, 0.25) is 0 Å². The number of amides is 2. The molecule has 1 fully saturated rings. The molecule has 0 radical (unpaired) electrons. The van der Waals surface area contributed by atoms with E-state index in [2.05, 4.69) is 10.3 Å². The quantitative estimate of drug-likeness (QED) is 0.898. The van der Waals surface area contributed by atoms with Crippen molar-refractivity contribution in [3.8, 4) is 0 Å². The predicted octanol–water partition coefficient (Wildman–Crippen LogP) is 1.33. The van der Waals surface area contributed by atoms with Crippen LogP contribution in [0.15, 0.2) is 11.6 Å². The van der Waals surface area contributed by atoms with Crippen LogP contribution in [0.4, 0.5) is 0 Å². The van der Waals surface area contributed by atoms with Gasteiger partial charge in [-0.25, -0.2) is 4.98 Å². The van der Waals surface area contributed by atoms with Crippen LogP contribution in [0.1, 0.15) is 38.2 Å². The number of rotatable bonds is 3. The smallest absolute Gasteiger partial charge is 0.246 e. The van der Waals surface area contributed by atoms with Gasteiger partial charge in [-0.2, -0.15) is 0 Å². The third-order valence-corrected chi connectivity index (χ3v) is 4.18. The lowest BCUT2D eigenvalue weighted by atomic mass is 10.0. The number of nitrogens with one attached hydrogen (secondary N) is 1. The molecule has 1 N–H and O–H groups in total. The molecule has 0 bridgehead atoms. The molecule has 3 atom stereocenters. The van der Waals surface area contributed by atoms with Gasteiger partial charge in [0.15, 0.2) is 0 Å². The number of carbonyl (C=O) groups excluding carboxylic acids is 2. The highest BCUT2D eigenvalue weighted by Gasteiger charge is 2.40. The van der Waals surface area contributed by atoms with Crippen molar-refractivity contribution in [2.45, 2.75) is 45.3 Å². The lowest BCUT2D eigenvalue weighted by molar-refractivity contribution is -0.151. The summed E-state index contributed by atoms with van der Waals surface area (Å²) >= 11 is 1.50. The highest BCUT2D eigenvalue weighted by molar-refractivity contribution is 7.09. The van der Waals surface area contributed by atoms with Crippen LogP contribution in [0.3, 0.4) is 0 Å². The van der Waals surface area contributed by atoms with Crippen molar-refractivity contribution < 1.29 is 9.59 Å². The van der Waals surface area contributed by atoms with Gasteiger partial charge in [-0.05, 0) is 20.3 Å². The number of hydrogen-bond donors (Lipinski definition) is 1. The first-order chi connectivity index (χ1) is 8.56. The third-order valence-electron chi connectivity index (χ3n) is 3.23. The maximum Gasteiger partial charge on any atom is 0.246 e. The van der Waals surface area contributed by atoms with E-state index in [1.54, 1.807) is 18.0 Å². The van der Waals surface area contributed by atoms with Crippen LogP contribution in [0.5, 0.6) is 0 Å². The van der Waals surface area contributed by atoms with Crippen molar-refractivity contribution in [1.82, 2.24) is 15.2 Å². The Morgan fingerprint density at radius 1 is 1.56 bits per heavy atom. The summed E-state index contributed by atoms with van der Waals surface area (Å²) in [6, 6.07) is -1.01. The summed E-state index contributed by atoms with van der Waals surface area (Å²) in [5.74, 6) is -0.114. The summed E-state index contributed by atoms with van der Waals surface area (Å²) in [4.78, 5) is 30.1. The first-order valence-electron chi connectivity index (χ1n) is 6.08. The normalized spacial score (nSPS) is 26.1. The zero-order valence-electron chi connectivity index (χ0n) is 10.7. The van der Waals surface area contributed by atoms with Crippen molar-refractivity contribution in [2.75, 3.05) is 0 Å². The SMILES string of the molecule is CCC1C(=O)NC(C)C(=O)N1C(C)c1nccs1. The van der Waals surface area contributed by atoms with Crippen molar-refractivity contribution in [1.29, 1.82) is 0 Å². The molecule has 0 aliphatic carbocycles. The van der Waals surface area contributed by atoms with E-state index >= 15 is 0 Å². The van der Waals surface area contributed by atoms with Gasteiger partial charge in [0.1, 0.15) is 17.1 Å². The standard InChI is InChI=1S/C12H17N3O2S/c1-4-9-10(16)14-7(2)12(17)15(9)8(3)11-13-5-6-18-11/h5-9H,4H2,1-3H3,(H,14,16). The van der Waals surface area contributed by atoms with Gasteiger partial charge < -0.3 is 10.2 Å². The minimum atomic E-state index is -0.456. The Labute approximate surface area is 110 Å². The Hall–Kier alpha value is -1.43. The summed E-state index contributed by atoms with van der Waals surface area (Å²) in [5, 5.41) is 5.46. The van der Waals surface area contributed by atoms with Gasteiger partial charge in [-0.3, -0.25) is 9.59 Å². The highest BCUT2D eigenvalue weighted by Crippen LogP contribution is 2.28. The van der Waals surface area contributed by atoms with Crippen LogP contribution in [-0.2, 0) is 9.59 Å². The lowest BCUT2D eigenvalue weighted by Gasteiger charge is -2.40. The highest BCUT2D eigenvalue weighted by atomic mass is 32.1. The van der Waals surface area contributed by atoms with Gasteiger partial charge in [0, 0.05) is 11.6 Å². The van der Waals surface area contributed by atoms with E-state index in [1.165, 1.54) is 11.3 Å². The van der Waals surface area contributed by atoms with E-state index < -0.39 is 12.1 Å². The van der Waals surface area contributed by atoms with Crippen LogP contribution < -0.4 is 5.32 Å². The molecular formula is C12H17N3O2S. The molecule has 0 saturated carbocycles. The van der Waals surface area contributed by atoms with Crippen LogP contribution in [-0.4, -0.2) is 33.8 Å². The Kier molecular flexibility index (Phi) is 3.65. The van der Waals surface area contributed by atoms with E-state index in [1.807, 2.05) is 19.2 Å². The summed E-state index contributed by atoms with van der Waals surface area (Å²) in [7, 11) is 0. The number of hydrogen-bond acceptors (Lipinski definition) is 4. The van der Waals surface area contributed by atoms with Gasteiger partial charge in [-0.15, -0.1) is 11.3 Å². The number of aromatic nitrogens is 1. The van der Waals surface area contributed by atoms with Crippen molar-refractivity contribution in [2.24, 2.45) is 0 Å². The maximum absolute atomic E-state index is 12.3.